The van der Waals surface area contributed by atoms with Crippen molar-refractivity contribution in [2.75, 3.05) is 34.9 Å². The SMILES string of the molecule is Cc1ccc(-c2cccc(N(C)c3nc4nn(C5CC5CN(c5ccccc5)c5nc6nncn6c6cc(N)ccc56)c[n+]4c4cc(N)ccc34)c2)cc1. The van der Waals surface area contributed by atoms with E-state index in [4.69, 9.17) is 26.5 Å². The van der Waals surface area contributed by atoms with Crippen LogP contribution < -0.4 is 25.7 Å². The molecule has 0 saturated heterocycles. The molecule has 2 atom stereocenters. The molecule has 4 aromatic heterocycles. The van der Waals surface area contributed by atoms with Crippen LogP contribution in [0.2, 0.25) is 0 Å². The van der Waals surface area contributed by atoms with Crippen molar-refractivity contribution in [3.63, 3.8) is 0 Å². The minimum Gasteiger partial charge on any atom is -0.399 e. The van der Waals surface area contributed by atoms with E-state index in [-0.39, 0.29) is 6.04 Å². The third-order valence-corrected chi connectivity index (χ3v) is 10.5. The van der Waals surface area contributed by atoms with Gasteiger partial charge in [0.25, 0.3) is 5.78 Å². The number of nitrogen functional groups attached to an aromatic ring is 2. The van der Waals surface area contributed by atoms with Gasteiger partial charge in [0.1, 0.15) is 23.7 Å². The van der Waals surface area contributed by atoms with Crippen LogP contribution in [0, 0.1) is 12.8 Å². The zero-order valence-electron chi connectivity index (χ0n) is 29.8. The smallest absolute Gasteiger partial charge is 0.399 e. The predicted molar refractivity (Wildman–Crippen MR) is 213 cm³/mol. The molecule has 0 aliphatic heterocycles. The van der Waals surface area contributed by atoms with E-state index in [9.17, 15) is 0 Å². The third-order valence-electron chi connectivity index (χ3n) is 10.5. The van der Waals surface area contributed by atoms with Gasteiger partial charge >= 0.3 is 5.78 Å². The number of aryl methyl sites for hydroxylation is 1. The van der Waals surface area contributed by atoms with Crippen LogP contribution in [-0.4, -0.2) is 47.9 Å². The fourth-order valence-electron chi connectivity index (χ4n) is 7.54. The second kappa shape index (κ2) is 12.3. The highest BCUT2D eigenvalue weighted by Crippen LogP contribution is 2.46. The molecular weight excluding hydrogens is 673 g/mol. The Hall–Kier alpha value is -7.08. The average Bonchev–Trinajstić information content (AvgIpc) is 3.56. The lowest BCUT2D eigenvalue weighted by molar-refractivity contribution is -0.485. The van der Waals surface area contributed by atoms with Crippen molar-refractivity contribution in [3.05, 3.63) is 133 Å². The summed E-state index contributed by atoms with van der Waals surface area (Å²) in [6, 6.07) is 39.5. The number of rotatable bonds is 8. The van der Waals surface area contributed by atoms with Crippen molar-refractivity contribution < 1.29 is 4.40 Å². The highest BCUT2D eigenvalue weighted by Gasteiger charge is 2.45. The molecule has 0 amide bonds. The summed E-state index contributed by atoms with van der Waals surface area (Å²) in [4.78, 5) is 14.6. The van der Waals surface area contributed by atoms with Crippen LogP contribution in [0.1, 0.15) is 18.0 Å². The minimum atomic E-state index is 0.167. The van der Waals surface area contributed by atoms with Gasteiger partial charge in [-0.1, -0.05) is 65.1 Å². The zero-order valence-corrected chi connectivity index (χ0v) is 29.8. The van der Waals surface area contributed by atoms with Crippen LogP contribution in [0.4, 0.5) is 34.4 Å². The van der Waals surface area contributed by atoms with Crippen LogP contribution in [0.5, 0.6) is 0 Å². The first-order valence-electron chi connectivity index (χ1n) is 18.0. The number of hydrogen-bond donors (Lipinski definition) is 2. The number of benzene rings is 5. The first kappa shape index (κ1) is 31.6. The Morgan fingerprint density at radius 2 is 1.56 bits per heavy atom. The Kier molecular flexibility index (Phi) is 7.19. The summed E-state index contributed by atoms with van der Waals surface area (Å²) in [7, 11) is 2.05. The summed E-state index contributed by atoms with van der Waals surface area (Å²) < 4.78 is 5.99. The highest BCUT2D eigenvalue weighted by molar-refractivity contribution is 5.95. The fourth-order valence-corrected chi connectivity index (χ4v) is 7.54. The van der Waals surface area contributed by atoms with Gasteiger partial charge in [0.2, 0.25) is 5.82 Å². The molecule has 4 N–H and O–H groups in total. The Morgan fingerprint density at radius 1 is 0.778 bits per heavy atom. The normalized spacial score (nSPS) is 15.4. The molecule has 5 aromatic carbocycles. The molecule has 2 unspecified atom stereocenters. The number of nitrogens with two attached hydrogens (primary N) is 2. The Bertz CT molecular complexity index is 2860. The molecule has 1 saturated carbocycles. The second-order valence-electron chi connectivity index (χ2n) is 14.2. The van der Waals surface area contributed by atoms with E-state index in [1.165, 1.54) is 11.1 Å². The van der Waals surface area contributed by atoms with E-state index >= 15 is 0 Å². The summed E-state index contributed by atoms with van der Waals surface area (Å²) in [6.07, 6.45) is 4.69. The van der Waals surface area contributed by atoms with Crippen LogP contribution in [0.3, 0.4) is 0 Å². The van der Waals surface area contributed by atoms with Crippen molar-refractivity contribution in [2.45, 2.75) is 19.4 Å². The molecule has 1 aliphatic carbocycles. The van der Waals surface area contributed by atoms with Crippen molar-refractivity contribution in [2.24, 2.45) is 5.92 Å². The molecule has 10 rings (SSSR count). The molecule has 12 heteroatoms. The quantitative estimate of drug-likeness (QED) is 0.125. The highest BCUT2D eigenvalue weighted by atomic mass is 15.4. The van der Waals surface area contributed by atoms with Crippen molar-refractivity contribution >= 4 is 67.7 Å². The number of nitrogens with zero attached hydrogens (tertiary/aromatic N) is 10. The fraction of sp³-hybridized carbons (Fsp3) is 0.143. The molecule has 0 spiro atoms. The van der Waals surface area contributed by atoms with E-state index in [0.29, 0.717) is 28.8 Å². The van der Waals surface area contributed by atoms with Crippen LogP contribution >= 0.6 is 0 Å². The van der Waals surface area contributed by atoms with Crippen molar-refractivity contribution in [1.29, 1.82) is 0 Å². The third kappa shape index (κ3) is 5.38. The molecule has 1 aliphatic rings. The van der Waals surface area contributed by atoms with Gasteiger partial charge in [-0.15, -0.1) is 14.9 Å². The van der Waals surface area contributed by atoms with Gasteiger partial charge < -0.3 is 21.3 Å². The van der Waals surface area contributed by atoms with Crippen LogP contribution in [0.15, 0.2) is 128 Å². The maximum atomic E-state index is 6.39. The van der Waals surface area contributed by atoms with Gasteiger partial charge in [0, 0.05) is 52.7 Å². The van der Waals surface area contributed by atoms with E-state index < -0.39 is 0 Å². The van der Waals surface area contributed by atoms with Gasteiger partial charge in [0.15, 0.2) is 6.33 Å². The first-order chi connectivity index (χ1) is 26.4. The van der Waals surface area contributed by atoms with E-state index in [0.717, 1.165) is 63.3 Å². The zero-order chi connectivity index (χ0) is 36.5. The van der Waals surface area contributed by atoms with Crippen molar-refractivity contribution in [3.8, 4) is 11.1 Å². The Balaban J connectivity index is 1.01. The molecule has 4 heterocycles. The van der Waals surface area contributed by atoms with Crippen LogP contribution in [0.25, 0.3) is 44.5 Å². The number of anilines is 6. The number of aromatic nitrogens is 8. The maximum absolute atomic E-state index is 6.39. The van der Waals surface area contributed by atoms with Gasteiger partial charge in [0.05, 0.1) is 10.9 Å². The number of para-hydroxylation sites is 1. The Labute approximate surface area is 310 Å². The lowest BCUT2D eigenvalue weighted by Gasteiger charge is -2.25. The summed E-state index contributed by atoms with van der Waals surface area (Å²) >= 11 is 0. The lowest BCUT2D eigenvalue weighted by Crippen LogP contribution is -2.24. The topological polar surface area (TPSA) is 136 Å². The summed E-state index contributed by atoms with van der Waals surface area (Å²) in [6.45, 7) is 2.83. The number of hydrogen-bond acceptors (Lipinski definition) is 9. The van der Waals surface area contributed by atoms with Gasteiger partial charge in [-0.2, -0.15) is 9.38 Å². The molecule has 1 fully saturated rings. The van der Waals surface area contributed by atoms with E-state index in [1.807, 2.05) is 46.9 Å². The van der Waals surface area contributed by atoms with Gasteiger partial charge in [-0.25, -0.2) is 0 Å². The largest absolute Gasteiger partial charge is 0.421 e. The molecule has 264 valence electrons. The minimum absolute atomic E-state index is 0.167. The molecule has 0 bridgehead atoms. The number of fused-ring (bicyclic) bond motifs is 6. The molecule has 54 heavy (non-hydrogen) atoms. The molecule has 0 radical (unpaired) electrons. The van der Waals surface area contributed by atoms with Gasteiger partial charge in [-0.3, -0.25) is 4.40 Å². The standard InChI is InChI=1S/C42H37N12/c1-26-11-13-27(14-12-26)28-7-6-10-33(19-28)50(2)39-34-17-15-31(44)22-38(34)53-25-54(49-42(53)46-39)36-20-29(36)23-51(32-8-4-3-5-9-32)40-35-18-16-30(43)21-37(35)52-24-45-48-41(52)47-40/h3-19,21-22,24-25,29,36H,20,23,43-44H2,1-2H3/q+1. The summed E-state index contributed by atoms with van der Waals surface area (Å²) in [5.74, 6) is 3.04. The maximum Gasteiger partial charge on any atom is 0.421 e. The average molecular weight is 710 g/mol. The van der Waals surface area contributed by atoms with E-state index in [2.05, 4.69) is 122 Å². The molecule has 9 aromatic rings. The van der Waals surface area contributed by atoms with Gasteiger partial charge in [-0.05, 0) is 85.1 Å². The monoisotopic (exact) mass is 709 g/mol. The molecular formula is C42H37N12+. The Morgan fingerprint density at radius 3 is 2.39 bits per heavy atom. The second-order valence-corrected chi connectivity index (χ2v) is 14.2. The van der Waals surface area contributed by atoms with E-state index in [1.54, 1.807) is 6.33 Å². The van der Waals surface area contributed by atoms with Crippen molar-refractivity contribution in [1.82, 2.24) is 34.3 Å². The molecule has 12 nitrogen and oxygen atoms in total. The van der Waals surface area contributed by atoms with Crippen LogP contribution in [-0.2, 0) is 0 Å². The predicted octanol–water partition coefficient (Wildman–Crippen LogP) is 7.07. The lowest BCUT2D eigenvalue weighted by atomic mass is 10.0. The summed E-state index contributed by atoms with van der Waals surface area (Å²) in [5.41, 5.74) is 21.4. The first-order valence-corrected chi connectivity index (χ1v) is 18.0. The summed E-state index contributed by atoms with van der Waals surface area (Å²) in [5, 5.41) is 15.5.